The van der Waals surface area contributed by atoms with E-state index in [1.807, 2.05) is 13.8 Å². The molecule has 1 aliphatic heterocycles. The molecule has 106 valence electrons. The van der Waals surface area contributed by atoms with Gasteiger partial charge in [-0.05, 0) is 26.0 Å². The second-order valence-electron chi connectivity index (χ2n) is 5.09. The van der Waals surface area contributed by atoms with Crippen LogP contribution in [0.1, 0.15) is 19.5 Å². The molecule has 19 heavy (non-hydrogen) atoms. The van der Waals surface area contributed by atoms with E-state index in [-0.39, 0.29) is 11.4 Å². The van der Waals surface area contributed by atoms with Gasteiger partial charge in [0.2, 0.25) is 10.0 Å². The highest BCUT2D eigenvalue weighted by Crippen LogP contribution is 2.28. The lowest BCUT2D eigenvalue weighted by molar-refractivity contribution is -0.00773. The molecule has 0 unspecified atom stereocenters. The van der Waals surface area contributed by atoms with Gasteiger partial charge in [-0.25, -0.2) is 8.42 Å². The van der Waals surface area contributed by atoms with Crippen molar-refractivity contribution < 1.29 is 13.2 Å². The van der Waals surface area contributed by atoms with Crippen LogP contribution in [0.2, 0.25) is 0 Å². The number of aromatic nitrogens is 1. The standard InChI is InChI=1S/C12H19N3O3S/c1-12(2)9-18-7-6-15(12)19(16,17)11-4-3-5-14-10(11)8-13/h3-5H,6-9,13H2,1-2H3. The third-order valence-corrected chi connectivity index (χ3v) is 5.36. The lowest BCUT2D eigenvalue weighted by Gasteiger charge is -2.40. The van der Waals surface area contributed by atoms with Gasteiger partial charge >= 0.3 is 0 Å². The zero-order chi connectivity index (χ0) is 14.1. The van der Waals surface area contributed by atoms with E-state index in [4.69, 9.17) is 10.5 Å². The van der Waals surface area contributed by atoms with E-state index < -0.39 is 15.6 Å². The van der Waals surface area contributed by atoms with E-state index in [1.54, 1.807) is 18.3 Å². The predicted molar refractivity (Wildman–Crippen MR) is 70.9 cm³/mol. The van der Waals surface area contributed by atoms with Gasteiger partial charge < -0.3 is 10.5 Å². The summed E-state index contributed by atoms with van der Waals surface area (Å²) in [5.41, 5.74) is 5.40. The maximum atomic E-state index is 12.8. The van der Waals surface area contributed by atoms with Crippen LogP contribution >= 0.6 is 0 Å². The number of nitrogens with two attached hydrogens (primary N) is 1. The molecule has 0 saturated carbocycles. The second kappa shape index (κ2) is 5.16. The number of nitrogens with zero attached hydrogens (tertiary/aromatic N) is 2. The second-order valence-corrected chi connectivity index (χ2v) is 6.93. The number of rotatable bonds is 3. The molecule has 1 fully saturated rings. The number of pyridine rings is 1. The minimum atomic E-state index is -3.60. The number of ether oxygens (including phenoxy) is 1. The van der Waals surface area contributed by atoms with Gasteiger partial charge in [-0.3, -0.25) is 4.98 Å². The molecule has 1 aromatic rings. The van der Waals surface area contributed by atoms with Crippen LogP contribution in [-0.4, -0.2) is 43.0 Å². The normalized spacial score (nSPS) is 20.4. The van der Waals surface area contributed by atoms with Crippen LogP contribution in [0.3, 0.4) is 0 Å². The van der Waals surface area contributed by atoms with Crippen LogP contribution < -0.4 is 5.73 Å². The van der Waals surface area contributed by atoms with E-state index in [9.17, 15) is 8.42 Å². The Balaban J connectivity index is 2.47. The summed E-state index contributed by atoms with van der Waals surface area (Å²) < 4.78 is 32.3. The summed E-state index contributed by atoms with van der Waals surface area (Å²) in [5, 5.41) is 0. The van der Waals surface area contributed by atoms with E-state index in [0.29, 0.717) is 25.5 Å². The smallest absolute Gasteiger partial charge is 0.245 e. The Kier molecular flexibility index (Phi) is 3.91. The molecule has 0 radical (unpaired) electrons. The van der Waals surface area contributed by atoms with Crippen molar-refractivity contribution in [2.75, 3.05) is 19.8 Å². The fraction of sp³-hybridized carbons (Fsp3) is 0.583. The Morgan fingerprint density at radius 2 is 2.26 bits per heavy atom. The first-order valence-corrected chi connectivity index (χ1v) is 7.58. The zero-order valence-corrected chi connectivity index (χ0v) is 12.0. The molecule has 1 aromatic heterocycles. The van der Waals surface area contributed by atoms with Crippen LogP contribution in [0.25, 0.3) is 0 Å². The van der Waals surface area contributed by atoms with Crippen molar-refractivity contribution in [2.45, 2.75) is 30.8 Å². The molecule has 0 amide bonds. The quantitative estimate of drug-likeness (QED) is 0.865. The van der Waals surface area contributed by atoms with E-state index in [0.717, 1.165) is 0 Å². The molecule has 2 rings (SSSR count). The molecule has 0 aromatic carbocycles. The molecule has 7 heteroatoms. The van der Waals surface area contributed by atoms with Crippen LogP contribution in [0.4, 0.5) is 0 Å². The SMILES string of the molecule is CC1(C)COCCN1S(=O)(=O)c1cccnc1CN. The van der Waals surface area contributed by atoms with Crippen LogP contribution in [-0.2, 0) is 21.3 Å². The van der Waals surface area contributed by atoms with E-state index in [2.05, 4.69) is 4.98 Å². The Bertz CT molecular complexity index is 557. The van der Waals surface area contributed by atoms with Crippen LogP contribution in [0.15, 0.2) is 23.2 Å². The monoisotopic (exact) mass is 285 g/mol. The minimum absolute atomic E-state index is 0.0974. The van der Waals surface area contributed by atoms with Gasteiger partial charge in [0.1, 0.15) is 4.90 Å². The number of hydrogen-bond acceptors (Lipinski definition) is 5. The fourth-order valence-corrected chi connectivity index (χ4v) is 4.16. The Morgan fingerprint density at radius 1 is 1.53 bits per heavy atom. The molecular weight excluding hydrogens is 266 g/mol. The zero-order valence-electron chi connectivity index (χ0n) is 11.2. The van der Waals surface area contributed by atoms with Crippen molar-refractivity contribution in [1.82, 2.24) is 9.29 Å². The summed E-state index contributed by atoms with van der Waals surface area (Å²) >= 11 is 0. The predicted octanol–water partition coefficient (Wildman–Crippen LogP) is 0.340. The Morgan fingerprint density at radius 3 is 2.89 bits per heavy atom. The fourth-order valence-electron chi connectivity index (χ4n) is 2.22. The third kappa shape index (κ3) is 2.64. The first-order chi connectivity index (χ1) is 8.89. The Hall–Kier alpha value is -1.02. The molecule has 0 aliphatic carbocycles. The molecule has 0 atom stereocenters. The molecule has 1 saturated heterocycles. The van der Waals surface area contributed by atoms with Crippen molar-refractivity contribution in [1.29, 1.82) is 0 Å². The third-order valence-electron chi connectivity index (χ3n) is 3.18. The van der Waals surface area contributed by atoms with Crippen molar-refractivity contribution in [3.05, 3.63) is 24.0 Å². The summed E-state index contributed by atoms with van der Waals surface area (Å²) in [4.78, 5) is 4.23. The number of morpholine rings is 1. The highest BCUT2D eigenvalue weighted by molar-refractivity contribution is 7.89. The summed E-state index contributed by atoms with van der Waals surface area (Å²) in [6.45, 7) is 4.92. The van der Waals surface area contributed by atoms with Gasteiger partial charge in [0.25, 0.3) is 0 Å². The Labute approximate surface area is 113 Å². The number of hydrogen-bond donors (Lipinski definition) is 1. The van der Waals surface area contributed by atoms with Crippen molar-refractivity contribution >= 4 is 10.0 Å². The van der Waals surface area contributed by atoms with Crippen molar-refractivity contribution in [2.24, 2.45) is 5.73 Å². The molecule has 0 spiro atoms. The average molecular weight is 285 g/mol. The summed E-state index contributed by atoms with van der Waals surface area (Å²) in [7, 11) is -3.60. The first kappa shape index (κ1) is 14.4. The highest BCUT2D eigenvalue weighted by Gasteiger charge is 2.40. The number of sulfonamides is 1. The molecular formula is C12H19N3O3S. The summed E-state index contributed by atoms with van der Waals surface area (Å²) in [6, 6.07) is 3.16. The van der Waals surface area contributed by atoms with Crippen molar-refractivity contribution in [3.63, 3.8) is 0 Å². The lowest BCUT2D eigenvalue weighted by atomic mass is 10.1. The topological polar surface area (TPSA) is 85.5 Å². The molecule has 2 N–H and O–H groups in total. The lowest BCUT2D eigenvalue weighted by Crippen LogP contribution is -2.55. The summed E-state index contributed by atoms with van der Waals surface area (Å²) in [5.74, 6) is 0. The highest BCUT2D eigenvalue weighted by atomic mass is 32.2. The van der Waals surface area contributed by atoms with Crippen LogP contribution in [0, 0.1) is 0 Å². The van der Waals surface area contributed by atoms with Gasteiger partial charge in [0, 0.05) is 19.3 Å². The average Bonchev–Trinajstić information content (AvgIpc) is 2.37. The van der Waals surface area contributed by atoms with Gasteiger partial charge in [-0.15, -0.1) is 0 Å². The van der Waals surface area contributed by atoms with Gasteiger partial charge in [0.05, 0.1) is 24.4 Å². The largest absolute Gasteiger partial charge is 0.378 e. The van der Waals surface area contributed by atoms with Gasteiger partial charge in [-0.2, -0.15) is 4.31 Å². The van der Waals surface area contributed by atoms with Crippen LogP contribution in [0.5, 0.6) is 0 Å². The van der Waals surface area contributed by atoms with E-state index in [1.165, 1.54) is 4.31 Å². The van der Waals surface area contributed by atoms with E-state index >= 15 is 0 Å². The summed E-state index contributed by atoms with van der Waals surface area (Å²) in [6.07, 6.45) is 1.55. The molecule has 1 aliphatic rings. The molecule has 0 bridgehead atoms. The van der Waals surface area contributed by atoms with Crippen molar-refractivity contribution in [3.8, 4) is 0 Å². The molecule has 2 heterocycles. The minimum Gasteiger partial charge on any atom is -0.378 e. The molecule has 6 nitrogen and oxygen atoms in total. The maximum Gasteiger partial charge on any atom is 0.245 e. The maximum absolute atomic E-state index is 12.8. The van der Waals surface area contributed by atoms with Gasteiger partial charge in [-0.1, -0.05) is 0 Å². The van der Waals surface area contributed by atoms with Gasteiger partial charge in [0.15, 0.2) is 0 Å². The first-order valence-electron chi connectivity index (χ1n) is 6.14.